The molecule has 0 aliphatic rings. The molecular formula is C46H36. The predicted molar refractivity (Wildman–Crippen MR) is 199 cm³/mol. The van der Waals surface area contributed by atoms with Crippen LogP contribution in [0, 0.1) is 0 Å². The molecule has 0 heterocycles. The summed E-state index contributed by atoms with van der Waals surface area (Å²) in [7, 11) is 0. The fourth-order valence-corrected chi connectivity index (χ4v) is 7.03. The molecule has 0 bridgehead atoms. The molecule has 0 unspecified atom stereocenters. The molecule has 0 atom stereocenters. The van der Waals surface area contributed by atoms with Gasteiger partial charge in [-0.1, -0.05) is 172 Å². The van der Waals surface area contributed by atoms with Crippen molar-refractivity contribution in [1.82, 2.24) is 0 Å². The van der Waals surface area contributed by atoms with E-state index in [0.717, 1.165) is 0 Å². The second kappa shape index (κ2) is 11.2. The molecule has 0 aliphatic heterocycles. The number of fused-ring (bicyclic) bond motifs is 3. The first-order valence-corrected chi connectivity index (χ1v) is 16.2. The Balaban J connectivity index is 1.36. The maximum Gasteiger partial charge on any atom is -0.00201 e. The highest BCUT2D eigenvalue weighted by atomic mass is 14.2. The first kappa shape index (κ1) is 28.0. The van der Waals surface area contributed by atoms with Crippen LogP contribution >= 0.6 is 0 Å². The van der Waals surface area contributed by atoms with E-state index in [1.807, 2.05) is 0 Å². The third-order valence-electron chi connectivity index (χ3n) is 9.43. The number of rotatable bonds is 4. The van der Waals surface area contributed by atoms with Crippen LogP contribution in [0.5, 0.6) is 0 Å². The Morgan fingerprint density at radius 1 is 0.326 bits per heavy atom. The van der Waals surface area contributed by atoms with Crippen LogP contribution in [0.3, 0.4) is 0 Å². The van der Waals surface area contributed by atoms with Crippen molar-refractivity contribution < 1.29 is 0 Å². The van der Waals surface area contributed by atoms with Gasteiger partial charge in [0.1, 0.15) is 0 Å². The molecule has 8 aromatic rings. The predicted octanol–water partition coefficient (Wildman–Crippen LogP) is 13.1. The summed E-state index contributed by atoms with van der Waals surface area (Å²) in [6, 6.07) is 60.2. The van der Waals surface area contributed by atoms with Crippen molar-refractivity contribution in [2.45, 2.75) is 26.2 Å². The Kier molecular flexibility index (Phi) is 6.80. The van der Waals surface area contributed by atoms with Crippen molar-refractivity contribution >= 4 is 32.3 Å². The van der Waals surface area contributed by atoms with Gasteiger partial charge >= 0.3 is 0 Å². The molecule has 0 saturated heterocycles. The Morgan fingerprint density at radius 2 is 0.848 bits per heavy atom. The quantitative estimate of drug-likeness (QED) is 0.179. The summed E-state index contributed by atoms with van der Waals surface area (Å²) in [4.78, 5) is 0. The van der Waals surface area contributed by atoms with Gasteiger partial charge < -0.3 is 0 Å². The SMILES string of the molecule is CC(C)(C)c1ccc2c(-c3cccc4ccccc34)c3ccccc3c(-c3ccc(-c4cccc(-c5ccccc5)c4)cc3)c2c1. The fraction of sp³-hybridized carbons (Fsp3) is 0.0870. The molecule has 8 rings (SSSR count). The van der Waals surface area contributed by atoms with Crippen molar-refractivity contribution in [3.63, 3.8) is 0 Å². The largest absolute Gasteiger partial charge is 0.0622 e. The summed E-state index contributed by atoms with van der Waals surface area (Å²) in [5, 5.41) is 7.70. The monoisotopic (exact) mass is 588 g/mol. The van der Waals surface area contributed by atoms with E-state index in [4.69, 9.17) is 0 Å². The van der Waals surface area contributed by atoms with Gasteiger partial charge in [0.15, 0.2) is 0 Å². The van der Waals surface area contributed by atoms with Gasteiger partial charge in [0, 0.05) is 0 Å². The second-order valence-electron chi connectivity index (χ2n) is 13.4. The van der Waals surface area contributed by atoms with Gasteiger partial charge in [-0.25, -0.2) is 0 Å². The summed E-state index contributed by atoms with van der Waals surface area (Å²) in [6.07, 6.45) is 0. The van der Waals surface area contributed by atoms with E-state index in [9.17, 15) is 0 Å². The average Bonchev–Trinajstić information content (AvgIpc) is 3.10. The zero-order valence-electron chi connectivity index (χ0n) is 26.6. The molecule has 8 aromatic carbocycles. The molecule has 0 radical (unpaired) electrons. The lowest BCUT2D eigenvalue weighted by molar-refractivity contribution is 0.591. The molecular weight excluding hydrogens is 553 g/mol. The molecule has 220 valence electrons. The number of hydrogen-bond acceptors (Lipinski definition) is 0. The Labute approximate surface area is 271 Å². The molecule has 0 nitrogen and oxygen atoms in total. The van der Waals surface area contributed by atoms with Gasteiger partial charge in [-0.3, -0.25) is 0 Å². The van der Waals surface area contributed by atoms with Crippen molar-refractivity contribution in [2.75, 3.05) is 0 Å². The summed E-state index contributed by atoms with van der Waals surface area (Å²) in [6.45, 7) is 6.91. The van der Waals surface area contributed by atoms with Gasteiger partial charge in [-0.05, 0) is 99.9 Å². The van der Waals surface area contributed by atoms with Crippen LogP contribution in [0.2, 0.25) is 0 Å². The molecule has 0 aromatic heterocycles. The standard InChI is InChI=1S/C46H36/c1-46(2,3)37-27-28-42-43(30-37)44(34-25-23-32(24-26-34)36-18-11-17-35(29-36)31-13-5-4-6-14-31)40-20-9-10-21-41(40)45(42)39-22-12-16-33-15-7-8-19-38(33)39/h4-30H,1-3H3. The van der Waals surface area contributed by atoms with Gasteiger partial charge in [0.2, 0.25) is 0 Å². The van der Waals surface area contributed by atoms with E-state index in [1.165, 1.54) is 82.4 Å². The molecule has 46 heavy (non-hydrogen) atoms. The van der Waals surface area contributed by atoms with Crippen LogP contribution in [0.4, 0.5) is 0 Å². The van der Waals surface area contributed by atoms with Crippen LogP contribution in [-0.2, 0) is 5.41 Å². The first-order chi connectivity index (χ1) is 22.5. The first-order valence-electron chi connectivity index (χ1n) is 16.2. The van der Waals surface area contributed by atoms with Crippen LogP contribution in [-0.4, -0.2) is 0 Å². The van der Waals surface area contributed by atoms with Crippen LogP contribution in [0.15, 0.2) is 164 Å². The number of benzene rings is 8. The highest BCUT2D eigenvalue weighted by molar-refractivity contribution is 6.23. The van der Waals surface area contributed by atoms with E-state index >= 15 is 0 Å². The van der Waals surface area contributed by atoms with Gasteiger partial charge in [-0.2, -0.15) is 0 Å². The summed E-state index contributed by atoms with van der Waals surface area (Å²) < 4.78 is 0. The lowest BCUT2D eigenvalue weighted by atomic mass is 9.80. The van der Waals surface area contributed by atoms with Gasteiger partial charge in [0.05, 0.1) is 0 Å². The molecule has 0 fully saturated rings. The van der Waals surface area contributed by atoms with E-state index in [1.54, 1.807) is 0 Å². The highest BCUT2D eigenvalue weighted by Crippen LogP contribution is 2.46. The maximum absolute atomic E-state index is 2.45. The summed E-state index contributed by atoms with van der Waals surface area (Å²) in [5.41, 5.74) is 11.4. The van der Waals surface area contributed by atoms with E-state index in [0.29, 0.717) is 0 Å². The normalized spacial score (nSPS) is 11.8. The Hall–Kier alpha value is -5.46. The Morgan fingerprint density at radius 3 is 1.57 bits per heavy atom. The van der Waals surface area contributed by atoms with Crippen LogP contribution < -0.4 is 0 Å². The Bertz CT molecular complexity index is 2360. The third-order valence-corrected chi connectivity index (χ3v) is 9.43. The lowest BCUT2D eigenvalue weighted by Gasteiger charge is -2.23. The molecule has 0 spiro atoms. The van der Waals surface area contributed by atoms with Crippen LogP contribution in [0.25, 0.3) is 76.8 Å². The van der Waals surface area contributed by atoms with Crippen molar-refractivity contribution in [3.05, 3.63) is 169 Å². The van der Waals surface area contributed by atoms with Crippen molar-refractivity contribution in [2.24, 2.45) is 0 Å². The van der Waals surface area contributed by atoms with Gasteiger partial charge in [-0.15, -0.1) is 0 Å². The molecule has 0 amide bonds. The fourth-order valence-electron chi connectivity index (χ4n) is 7.03. The van der Waals surface area contributed by atoms with Crippen molar-refractivity contribution in [1.29, 1.82) is 0 Å². The average molecular weight is 589 g/mol. The third kappa shape index (κ3) is 4.88. The van der Waals surface area contributed by atoms with Crippen LogP contribution in [0.1, 0.15) is 26.3 Å². The van der Waals surface area contributed by atoms with Gasteiger partial charge in [0.25, 0.3) is 0 Å². The minimum atomic E-state index is 0.0321. The van der Waals surface area contributed by atoms with E-state index < -0.39 is 0 Å². The molecule has 0 aliphatic carbocycles. The highest BCUT2D eigenvalue weighted by Gasteiger charge is 2.21. The molecule has 0 heteroatoms. The minimum absolute atomic E-state index is 0.0321. The second-order valence-corrected chi connectivity index (χ2v) is 13.4. The number of hydrogen-bond donors (Lipinski definition) is 0. The smallest absolute Gasteiger partial charge is 0.00201 e. The zero-order chi connectivity index (χ0) is 31.3. The summed E-state index contributed by atoms with van der Waals surface area (Å²) >= 11 is 0. The molecule has 0 N–H and O–H groups in total. The van der Waals surface area contributed by atoms with E-state index in [-0.39, 0.29) is 5.41 Å². The molecule has 0 saturated carbocycles. The van der Waals surface area contributed by atoms with E-state index in [2.05, 4.69) is 185 Å². The lowest BCUT2D eigenvalue weighted by Crippen LogP contribution is -2.10. The zero-order valence-corrected chi connectivity index (χ0v) is 26.6. The summed E-state index contributed by atoms with van der Waals surface area (Å²) in [5.74, 6) is 0. The van der Waals surface area contributed by atoms with Crippen molar-refractivity contribution in [3.8, 4) is 44.5 Å². The maximum atomic E-state index is 2.45. The minimum Gasteiger partial charge on any atom is -0.0622 e. The topological polar surface area (TPSA) is 0 Å².